The molecule has 4 rings (SSSR count). The second-order valence-corrected chi connectivity index (χ2v) is 13.4. The molecule has 4 aliphatic rings. The molecular formula is C31H52O3. The van der Waals surface area contributed by atoms with Gasteiger partial charge in [0.05, 0.1) is 12.2 Å². The first-order valence-corrected chi connectivity index (χ1v) is 14.5. The van der Waals surface area contributed by atoms with Crippen molar-refractivity contribution >= 4 is 0 Å². The van der Waals surface area contributed by atoms with Crippen LogP contribution in [0.3, 0.4) is 0 Å². The van der Waals surface area contributed by atoms with E-state index < -0.39 is 12.2 Å². The first-order chi connectivity index (χ1) is 16.1. The van der Waals surface area contributed by atoms with E-state index in [4.69, 9.17) is 0 Å². The van der Waals surface area contributed by atoms with E-state index in [1.165, 1.54) is 50.5 Å². The van der Waals surface area contributed by atoms with Crippen LogP contribution >= 0.6 is 0 Å². The lowest BCUT2D eigenvalue weighted by atomic mass is 9.48. The predicted molar refractivity (Wildman–Crippen MR) is 140 cm³/mol. The Morgan fingerprint density at radius 1 is 0.941 bits per heavy atom. The molecule has 0 bridgehead atoms. The predicted octanol–water partition coefficient (Wildman–Crippen LogP) is 6.67. The Balaban J connectivity index is 1.54. The van der Waals surface area contributed by atoms with Crippen LogP contribution in [0.25, 0.3) is 0 Å². The van der Waals surface area contributed by atoms with Crippen molar-refractivity contribution in [2.45, 2.75) is 117 Å². The van der Waals surface area contributed by atoms with Gasteiger partial charge in [-0.1, -0.05) is 83.6 Å². The van der Waals surface area contributed by atoms with Crippen LogP contribution in [0.2, 0.25) is 0 Å². The molecule has 0 radical (unpaired) electrons. The van der Waals surface area contributed by atoms with E-state index in [2.05, 4.69) is 46.8 Å². The molecular weight excluding hydrogens is 420 g/mol. The van der Waals surface area contributed by atoms with Crippen molar-refractivity contribution in [3.05, 3.63) is 23.3 Å². The number of unbranched alkanes of at least 4 members (excludes halogenated alkanes) is 1. The van der Waals surface area contributed by atoms with Gasteiger partial charge in [-0.25, -0.2) is 0 Å². The molecule has 0 aromatic heterocycles. The fourth-order valence-electron chi connectivity index (χ4n) is 9.06. The zero-order chi connectivity index (χ0) is 24.7. The summed E-state index contributed by atoms with van der Waals surface area (Å²) in [5.41, 5.74) is 3.01. The highest BCUT2D eigenvalue weighted by Crippen LogP contribution is 2.66. The minimum atomic E-state index is -0.508. The summed E-state index contributed by atoms with van der Waals surface area (Å²) in [7, 11) is 0. The molecule has 0 spiro atoms. The van der Waals surface area contributed by atoms with Crippen LogP contribution in [0.15, 0.2) is 23.3 Å². The molecule has 194 valence electrons. The summed E-state index contributed by atoms with van der Waals surface area (Å²) in [4.78, 5) is 0. The van der Waals surface area contributed by atoms with Crippen molar-refractivity contribution in [1.82, 2.24) is 0 Å². The topological polar surface area (TPSA) is 60.7 Å². The summed E-state index contributed by atoms with van der Waals surface area (Å²) >= 11 is 0. The Morgan fingerprint density at radius 2 is 1.71 bits per heavy atom. The number of allylic oxidation sites excluding steroid dienone is 3. The van der Waals surface area contributed by atoms with Crippen molar-refractivity contribution < 1.29 is 15.3 Å². The molecule has 0 aromatic rings. The zero-order valence-electron chi connectivity index (χ0n) is 22.6. The highest BCUT2D eigenvalue weighted by Gasteiger charge is 2.60. The molecule has 0 aliphatic heterocycles. The lowest BCUT2D eigenvalue weighted by Gasteiger charge is -2.58. The Hall–Kier alpha value is -0.640. The smallest absolute Gasteiger partial charge is 0.0689 e. The molecule has 4 aliphatic carbocycles. The van der Waals surface area contributed by atoms with Crippen molar-refractivity contribution in [2.75, 3.05) is 6.61 Å². The van der Waals surface area contributed by atoms with E-state index in [-0.39, 0.29) is 17.9 Å². The first kappa shape index (κ1) is 26.4. The largest absolute Gasteiger partial charge is 0.396 e. The second-order valence-electron chi connectivity index (χ2n) is 13.4. The van der Waals surface area contributed by atoms with Crippen LogP contribution in [0.5, 0.6) is 0 Å². The Labute approximate surface area is 209 Å². The lowest BCUT2D eigenvalue weighted by Crippen LogP contribution is -2.56. The molecule has 0 heterocycles. The number of hydrogen-bond acceptors (Lipinski definition) is 3. The summed E-state index contributed by atoms with van der Waals surface area (Å²) in [5, 5.41) is 31.8. The minimum Gasteiger partial charge on any atom is -0.396 e. The highest BCUT2D eigenvalue weighted by atomic mass is 16.3. The Morgan fingerprint density at radius 3 is 2.41 bits per heavy atom. The maximum atomic E-state index is 11.7. The molecule has 3 fully saturated rings. The zero-order valence-corrected chi connectivity index (χ0v) is 22.6. The van der Waals surface area contributed by atoms with Gasteiger partial charge < -0.3 is 15.3 Å². The molecule has 0 unspecified atom stereocenters. The molecule has 0 saturated heterocycles. The monoisotopic (exact) mass is 472 g/mol. The number of rotatable bonds is 9. The molecule has 3 N–H and O–H groups in total. The van der Waals surface area contributed by atoms with Gasteiger partial charge in [0.1, 0.15) is 0 Å². The van der Waals surface area contributed by atoms with Crippen molar-refractivity contribution in [3.63, 3.8) is 0 Å². The van der Waals surface area contributed by atoms with E-state index in [0.29, 0.717) is 23.7 Å². The van der Waals surface area contributed by atoms with Crippen molar-refractivity contribution in [3.8, 4) is 0 Å². The molecule has 3 nitrogen and oxygen atoms in total. The van der Waals surface area contributed by atoms with E-state index >= 15 is 0 Å². The van der Waals surface area contributed by atoms with E-state index in [1.54, 1.807) is 5.57 Å². The first-order valence-electron chi connectivity index (χ1n) is 14.5. The van der Waals surface area contributed by atoms with E-state index in [1.807, 2.05) is 0 Å². The van der Waals surface area contributed by atoms with E-state index in [0.717, 1.165) is 37.0 Å². The third kappa shape index (κ3) is 4.48. The summed E-state index contributed by atoms with van der Waals surface area (Å²) in [6, 6.07) is 0. The maximum absolute atomic E-state index is 11.7. The van der Waals surface area contributed by atoms with Crippen LogP contribution in [-0.2, 0) is 0 Å². The molecule has 0 amide bonds. The Kier molecular flexibility index (Phi) is 8.07. The summed E-state index contributed by atoms with van der Waals surface area (Å²) in [6.45, 7) is 12.3. The molecule has 9 atom stereocenters. The standard InChI is InChI=1S/C31H52O3/c1-20(2)9-8-10-21(3)25-14-15-26-23-13-12-22-19-28(33)24(11-6-7-18-32)29(34)31(22,5)27(23)16-17-30(25,26)4/h12-13,20-21,24-29,32-34H,6-11,14-19H2,1-5H3/t21-,24-,25-,26+,27+,28-,29+,30-,31+/m1/s1. The van der Waals surface area contributed by atoms with Gasteiger partial charge in [-0.3, -0.25) is 0 Å². The third-order valence-electron chi connectivity index (χ3n) is 11.1. The second kappa shape index (κ2) is 10.4. The van der Waals surface area contributed by atoms with Gasteiger partial charge in [-0.2, -0.15) is 0 Å². The van der Waals surface area contributed by atoms with E-state index in [9.17, 15) is 15.3 Å². The van der Waals surface area contributed by atoms with Crippen molar-refractivity contribution in [1.29, 1.82) is 0 Å². The number of hydrogen-bond donors (Lipinski definition) is 3. The van der Waals surface area contributed by atoms with Crippen LogP contribution in [0.1, 0.15) is 105 Å². The quantitative estimate of drug-likeness (QED) is 0.328. The average molecular weight is 473 g/mol. The van der Waals surface area contributed by atoms with Crippen molar-refractivity contribution in [2.24, 2.45) is 46.3 Å². The Bertz CT molecular complexity index is 769. The van der Waals surface area contributed by atoms with Gasteiger partial charge in [-0.05, 0) is 80.0 Å². The van der Waals surface area contributed by atoms with Crippen LogP contribution < -0.4 is 0 Å². The summed E-state index contributed by atoms with van der Waals surface area (Å²) < 4.78 is 0. The van der Waals surface area contributed by atoms with Gasteiger partial charge in [0.25, 0.3) is 0 Å². The fourth-order valence-corrected chi connectivity index (χ4v) is 9.06. The molecule has 3 heteroatoms. The summed E-state index contributed by atoms with van der Waals surface area (Å²) in [6.07, 6.45) is 16.0. The van der Waals surface area contributed by atoms with Gasteiger partial charge in [0.2, 0.25) is 0 Å². The SMILES string of the molecule is CC(C)CCC[C@@H](C)[C@H]1CC[C@H]2C3=CC=C4C[C@@H](O)[C@@H](CCCCO)[C@H](O)[C@]4(C)[C@H]3CC[C@]12C. The van der Waals surface area contributed by atoms with Crippen LogP contribution in [-0.4, -0.2) is 34.1 Å². The number of aliphatic hydroxyl groups excluding tert-OH is 3. The molecule has 0 aromatic carbocycles. The molecule has 34 heavy (non-hydrogen) atoms. The molecule has 3 saturated carbocycles. The third-order valence-corrected chi connectivity index (χ3v) is 11.1. The maximum Gasteiger partial charge on any atom is 0.0689 e. The van der Waals surface area contributed by atoms with Gasteiger partial charge in [0, 0.05) is 17.9 Å². The minimum absolute atomic E-state index is 0.0846. The normalized spacial score (nSPS) is 42.5. The van der Waals surface area contributed by atoms with Crippen LogP contribution in [0, 0.1) is 46.3 Å². The average Bonchev–Trinajstić information content (AvgIpc) is 3.14. The van der Waals surface area contributed by atoms with Gasteiger partial charge in [-0.15, -0.1) is 0 Å². The number of aliphatic hydroxyl groups is 3. The number of fused-ring (bicyclic) bond motifs is 5. The van der Waals surface area contributed by atoms with Gasteiger partial charge in [0.15, 0.2) is 0 Å². The van der Waals surface area contributed by atoms with Crippen LogP contribution in [0.4, 0.5) is 0 Å². The lowest BCUT2D eigenvalue weighted by molar-refractivity contribution is -0.100. The highest BCUT2D eigenvalue weighted by molar-refractivity contribution is 5.40. The summed E-state index contributed by atoms with van der Waals surface area (Å²) in [5.74, 6) is 3.38. The fraction of sp³-hybridized carbons (Fsp3) is 0.871. The van der Waals surface area contributed by atoms with Gasteiger partial charge >= 0.3 is 0 Å².